The molecule has 0 aliphatic carbocycles. The first kappa shape index (κ1) is 19.0. The summed E-state index contributed by atoms with van der Waals surface area (Å²) in [6.45, 7) is 3.61. The smallest absolute Gasteiger partial charge is 0.284 e. The number of aromatic nitrogens is 1. The number of benzene rings is 2. The van der Waals surface area contributed by atoms with Crippen molar-refractivity contribution in [3.8, 4) is 0 Å². The van der Waals surface area contributed by atoms with Gasteiger partial charge in [0, 0.05) is 22.7 Å². The summed E-state index contributed by atoms with van der Waals surface area (Å²) in [5.41, 5.74) is 1.51. The minimum Gasteiger partial charge on any atom is -0.319 e. The Morgan fingerprint density at radius 1 is 1.26 bits per heavy atom. The van der Waals surface area contributed by atoms with Gasteiger partial charge in [0.25, 0.3) is 11.6 Å². The van der Waals surface area contributed by atoms with Crippen molar-refractivity contribution in [3.63, 3.8) is 0 Å². The summed E-state index contributed by atoms with van der Waals surface area (Å²) in [4.78, 5) is 27.9. The zero-order chi connectivity index (χ0) is 19.6. The molecule has 1 N–H and O–H groups in total. The molecule has 6 nitrogen and oxygen atoms in total. The van der Waals surface area contributed by atoms with Crippen LogP contribution in [0.15, 0.2) is 51.0 Å². The predicted octanol–water partition coefficient (Wildman–Crippen LogP) is 5.21. The topological polar surface area (TPSA) is 85.1 Å². The van der Waals surface area contributed by atoms with Crippen LogP contribution in [-0.2, 0) is 0 Å². The summed E-state index contributed by atoms with van der Waals surface area (Å²) in [5.74, 6) is -1.20. The SMILES string of the molecule is Cc1ccc(F)c(NC(=O)c2ccc(Sc3nc(C)cs3)c([N+](=O)[O-])c2)c1. The van der Waals surface area contributed by atoms with Gasteiger partial charge < -0.3 is 5.32 Å². The third kappa shape index (κ3) is 4.50. The van der Waals surface area contributed by atoms with Crippen LogP contribution in [0.25, 0.3) is 0 Å². The van der Waals surface area contributed by atoms with Gasteiger partial charge in [0.2, 0.25) is 0 Å². The maximum absolute atomic E-state index is 13.8. The van der Waals surface area contributed by atoms with Crippen LogP contribution in [0.5, 0.6) is 0 Å². The van der Waals surface area contributed by atoms with Gasteiger partial charge >= 0.3 is 0 Å². The van der Waals surface area contributed by atoms with Gasteiger partial charge in [0.15, 0.2) is 4.34 Å². The molecule has 1 amide bonds. The third-order valence-electron chi connectivity index (χ3n) is 3.58. The normalized spacial score (nSPS) is 10.6. The van der Waals surface area contributed by atoms with Gasteiger partial charge in [-0.2, -0.15) is 0 Å². The number of thiazole rings is 1. The highest BCUT2D eigenvalue weighted by Gasteiger charge is 2.20. The van der Waals surface area contributed by atoms with Crippen LogP contribution in [0.4, 0.5) is 15.8 Å². The molecule has 138 valence electrons. The Bertz CT molecular complexity index is 1040. The van der Waals surface area contributed by atoms with Crippen LogP contribution < -0.4 is 5.32 Å². The van der Waals surface area contributed by atoms with Crippen molar-refractivity contribution in [2.45, 2.75) is 23.1 Å². The summed E-state index contributed by atoms with van der Waals surface area (Å²) in [6.07, 6.45) is 0. The summed E-state index contributed by atoms with van der Waals surface area (Å²) < 4.78 is 14.5. The van der Waals surface area contributed by atoms with Crippen molar-refractivity contribution in [3.05, 3.63) is 74.5 Å². The Hall–Kier alpha value is -2.78. The molecule has 0 saturated heterocycles. The molecule has 0 aliphatic rings. The first-order chi connectivity index (χ1) is 12.8. The van der Waals surface area contributed by atoms with E-state index in [2.05, 4.69) is 10.3 Å². The van der Waals surface area contributed by atoms with Crippen LogP contribution in [0, 0.1) is 29.8 Å². The van der Waals surface area contributed by atoms with E-state index in [9.17, 15) is 19.3 Å². The van der Waals surface area contributed by atoms with Crippen LogP contribution >= 0.6 is 23.1 Å². The number of hydrogen-bond acceptors (Lipinski definition) is 6. The van der Waals surface area contributed by atoms with Gasteiger partial charge in [-0.15, -0.1) is 11.3 Å². The molecule has 1 heterocycles. The molecule has 1 aromatic heterocycles. The van der Waals surface area contributed by atoms with E-state index in [1.165, 1.54) is 53.4 Å². The lowest BCUT2D eigenvalue weighted by atomic mass is 10.1. The number of hydrogen-bond donors (Lipinski definition) is 1. The van der Waals surface area contributed by atoms with E-state index in [0.29, 0.717) is 9.24 Å². The van der Waals surface area contributed by atoms with Gasteiger partial charge in [0.05, 0.1) is 15.5 Å². The number of rotatable bonds is 5. The van der Waals surface area contributed by atoms with E-state index in [-0.39, 0.29) is 16.9 Å². The predicted molar refractivity (Wildman–Crippen MR) is 103 cm³/mol. The van der Waals surface area contributed by atoms with Gasteiger partial charge in [-0.25, -0.2) is 9.37 Å². The van der Waals surface area contributed by atoms with Crippen molar-refractivity contribution in [1.82, 2.24) is 4.98 Å². The number of nitrogens with zero attached hydrogens (tertiary/aromatic N) is 2. The number of amides is 1. The molecule has 0 fully saturated rings. The molecular formula is C18H14FN3O3S2. The van der Waals surface area contributed by atoms with E-state index in [1.54, 1.807) is 13.0 Å². The second-order valence-corrected chi connectivity index (χ2v) is 7.88. The van der Waals surface area contributed by atoms with E-state index < -0.39 is 16.6 Å². The van der Waals surface area contributed by atoms with Crippen LogP contribution in [0.3, 0.4) is 0 Å². The molecule has 0 bridgehead atoms. The van der Waals surface area contributed by atoms with Crippen molar-refractivity contribution in [2.24, 2.45) is 0 Å². The minimum atomic E-state index is -0.621. The van der Waals surface area contributed by atoms with E-state index in [4.69, 9.17) is 0 Å². The molecule has 0 atom stereocenters. The number of nitro benzene ring substituents is 1. The second-order valence-electron chi connectivity index (χ2n) is 5.73. The minimum absolute atomic E-state index is 0.0272. The standard InChI is InChI=1S/C18H14FN3O3S2/c1-10-3-5-13(19)14(7-10)21-17(23)12-4-6-16(15(8-12)22(24)25)27-18-20-11(2)9-26-18/h3-9H,1-2H3,(H,21,23). The number of halogens is 1. The first-order valence-corrected chi connectivity index (χ1v) is 9.49. The fourth-order valence-electron chi connectivity index (χ4n) is 2.29. The van der Waals surface area contributed by atoms with Crippen molar-refractivity contribution in [1.29, 1.82) is 0 Å². The van der Waals surface area contributed by atoms with Crippen LogP contribution in [0.2, 0.25) is 0 Å². The van der Waals surface area contributed by atoms with Crippen molar-refractivity contribution in [2.75, 3.05) is 5.32 Å². The van der Waals surface area contributed by atoms with Gasteiger partial charge in [0.1, 0.15) is 5.82 Å². The molecule has 0 saturated carbocycles. The Morgan fingerprint density at radius 3 is 2.70 bits per heavy atom. The molecular weight excluding hydrogens is 389 g/mol. The van der Waals surface area contributed by atoms with Crippen LogP contribution in [-0.4, -0.2) is 15.8 Å². The zero-order valence-corrected chi connectivity index (χ0v) is 16.0. The number of nitrogens with one attached hydrogen (secondary N) is 1. The second kappa shape index (κ2) is 7.85. The zero-order valence-electron chi connectivity index (χ0n) is 14.4. The Balaban J connectivity index is 1.87. The van der Waals surface area contributed by atoms with E-state index in [0.717, 1.165) is 11.3 Å². The Kier molecular flexibility index (Phi) is 5.52. The Morgan fingerprint density at radius 2 is 2.04 bits per heavy atom. The summed E-state index contributed by atoms with van der Waals surface area (Å²) in [5, 5.41) is 15.7. The number of nitro groups is 1. The van der Waals surface area contributed by atoms with Gasteiger partial charge in [-0.1, -0.05) is 17.8 Å². The maximum atomic E-state index is 13.8. The fourth-order valence-corrected chi connectivity index (χ4v) is 4.17. The molecule has 3 aromatic rings. The molecule has 3 rings (SSSR count). The average Bonchev–Trinajstić information content (AvgIpc) is 3.03. The summed E-state index contributed by atoms with van der Waals surface area (Å²) in [7, 11) is 0. The molecule has 0 unspecified atom stereocenters. The van der Waals surface area contributed by atoms with E-state index in [1.807, 2.05) is 12.3 Å². The average molecular weight is 403 g/mol. The lowest BCUT2D eigenvalue weighted by Gasteiger charge is -2.08. The number of aryl methyl sites for hydroxylation is 2. The monoisotopic (exact) mass is 403 g/mol. The fraction of sp³-hybridized carbons (Fsp3) is 0.111. The third-order valence-corrected chi connectivity index (χ3v) is 5.70. The molecule has 2 aromatic carbocycles. The lowest BCUT2D eigenvalue weighted by Crippen LogP contribution is -2.13. The maximum Gasteiger partial charge on any atom is 0.284 e. The molecule has 9 heteroatoms. The summed E-state index contributed by atoms with van der Waals surface area (Å²) >= 11 is 2.55. The highest BCUT2D eigenvalue weighted by Crippen LogP contribution is 2.37. The summed E-state index contributed by atoms with van der Waals surface area (Å²) in [6, 6.07) is 8.49. The molecule has 0 aliphatic heterocycles. The molecule has 27 heavy (non-hydrogen) atoms. The van der Waals surface area contributed by atoms with Crippen molar-refractivity contribution < 1.29 is 14.1 Å². The Labute approximate surface area is 162 Å². The highest BCUT2D eigenvalue weighted by molar-refractivity contribution is 8.01. The number of carbonyl (C=O) groups is 1. The largest absolute Gasteiger partial charge is 0.319 e. The van der Waals surface area contributed by atoms with Crippen LogP contribution in [0.1, 0.15) is 21.6 Å². The molecule has 0 radical (unpaired) electrons. The number of carbonyl (C=O) groups excluding carboxylic acids is 1. The van der Waals surface area contributed by atoms with Crippen molar-refractivity contribution >= 4 is 40.4 Å². The quantitative estimate of drug-likeness (QED) is 0.467. The van der Waals surface area contributed by atoms with Gasteiger partial charge in [-0.3, -0.25) is 14.9 Å². The highest BCUT2D eigenvalue weighted by atomic mass is 32.2. The van der Waals surface area contributed by atoms with E-state index >= 15 is 0 Å². The lowest BCUT2D eigenvalue weighted by molar-refractivity contribution is -0.387. The molecule has 0 spiro atoms. The first-order valence-electron chi connectivity index (χ1n) is 7.79. The van der Waals surface area contributed by atoms with Gasteiger partial charge in [-0.05, 0) is 43.7 Å². The number of anilines is 1.